The predicted molar refractivity (Wildman–Crippen MR) is 126 cm³/mol. The van der Waals surface area contributed by atoms with Crippen LogP contribution in [0.2, 0.25) is 0 Å². The Balaban J connectivity index is 0.00000184. The first-order chi connectivity index (χ1) is 13.9. The van der Waals surface area contributed by atoms with Crippen LogP contribution in [0.4, 0.5) is 0 Å². The maximum atomic E-state index is 12.4. The molecule has 0 fully saturated rings. The van der Waals surface area contributed by atoms with Crippen LogP contribution >= 0.6 is 0 Å². The van der Waals surface area contributed by atoms with Crippen molar-refractivity contribution in [3.05, 3.63) is 53.6 Å². The molecule has 4 nitrogen and oxygen atoms in total. The van der Waals surface area contributed by atoms with Crippen molar-refractivity contribution in [2.45, 2.75) is 74.3 Å². The lowest BCUT2D eigenvalue weighted by molar-refractivity contribution is -0.133. The van der Waals surface area contributed by atoms with Crippen LogP contribution in [0.25, 0.3) is 0 Å². The molecule has 1 amide bonds. The first kappa shape index (κ1) is 26.6. The van der Waals surface area contributed by atoms with Gasteiger partial charge in [0.05, 0.1) is 18.4 Å². The Hall–Kier alpha value is -2.36. The highest BCUT2D eigenvalue weighted by molar-refractivity contribution is 6.07. The number of allylic oxidation sites excluding steroid dienone is 2. The van der Waals surface area contributed by atoms with E-state index in [-0.39, 0.29) is 11.8 Å². The molecule has 0 saturated carbocycles. The molecular weight excluding hydrogens is 360 g/mol. The number of benzene rings is 1. The Labute approximate surface area is 178 Å². The summed E-state index contributed by atoms with van der Waals surface area (Å²) in [5.41, 5.74) is 2.39. The van der Waals surface area contributed by atoms with Crippen LogP contribution < -0.4 is 4.74 Å². The fraction of sp³-hybridized carbons (Fsp3) is 0.520. The van der Waals surface area contributed by atoms with Crippen molar-refractivity contribution in [3.8, 4) is 5.75 Å². The summed E-state index contributed by atoms with van der Waals surface area (Å²) in [7, 11) is 1.66. The van der Waals surface area contributed by atoms with Gasteiger partial charge in [0.2, 0.25) is 5.91 Å². The maximum Gasteiger partial charge on any atom is 0.240 e. The number of carbonyl (C=O) groups is 1. The second-order valence-corrected chi connectivity index (χ2v) is 6.45. The molecule has 0 radical (unpaired) electrons. The van der Waals surface area contributed by atoms with Crippen LogP contribution in [0.3, 0.4) is 0 Å². The van der Waals surface area contributed by atoms with Crippen LogP contribution in [0, 0.1) is 5.92 Å². The first-order valence-corrected chi connectivity index (χ1v) is 10.8. The minimum Gasteiger partial charge on any atom is -0.496 e. The van der Waals surface area contributed by atoms with Crippen LogP contribution in [-0.4, -0.2) is 29.3 Å². The number of hydrazone groups is 1. The van der Waals surface area contributed by atoms with Crippen molar-refractivity contribution in [3.63, 3.8) is 0 Å². The smallest absolute Gasteiger partial charge is 0.240 e. The van der Waals surface area contributed by atoms with Gasteiger partial charge in [0.25, 0.3) is 0 Å². The molecule has 0 aromatic heterocycles. The minimum atomic E-state index is -0.523. The lowest BCUT2D eigenvalue weighted by atomic mass is 9.76. The molecule has 2 rings (SSSR count). The number of hydrogen-bond donors (Lipinski definition) is 0. The molecule has 1 aliphatic heterocycles. The molecule has 29 heavy (non-hydrogen) atoms. The molecule has 1 aliphatic rings. The third-order valence-electron chi connectivity index (χ3n) is 4.94. The standard InChI is InChI=1S/C21H28N2O2.2C2H6/c1-7-11-17(12-8-2)21(5)15(3)20(22-23(21)16(4)24)18-13-9-10-14-19(18)25-6;2*1-2/h7,9-15H,8H2,1-6H3;2*1-2H3/b11-7-,17-12+;;. The number of para-hydroxylation sites is 1. The molecule has 1 heterocycles. The summed E-state index contributed by atoms with van der Waals surface area (Å²) < 4.78 is 5.51. The van der Waals surface area contributed by atoms with Gasteiger partial charge in [0.15, 0.2) is 0 Å². The number of amides is 1. The molecule has 2 unspecified atom stereocenters. The number of ether oxygens (including phenoxy) is 1. The zero-order chi connectivity index (χ0) is 22.6. The molecule has 1 aromatic carbocycles. The molecule has 1 aromatic rings. The molecule has 0 N–H and O–H groups in total. The van der Waals surface area contributed by atoms with Gasteiger partial charge in [-0.05, 0) is 38.0 Å². The van der Waals surface area contributed by atoms with Gasteiger partial charge in [-0.15, -0.1) is 0 Å². The van der Waals surface area contributed by atoms with Crippen molar-refractivity contribution in [2.75, 3.05) is 7.11 Å². The minimum absolute atomic E-state index is 0.0294. The third-order valence-corrected chi connectivity index (χ3v) is 4.94. The monoisotopic (exact) mass is 400 g/mol. The van der Waals surface area contributed by atoms with Crippen molar-refractivity contribution in [2.24, 2.45) is 11.0 Å². The molecule has 0 spiro atoms. The predicted octanol–water partition coefficient (Wildman–Crippen LogP) is 6.62. The van der Waals surface area contributed by atoms with Crippen molar-refractivity contribution < 1.29 is 9.53 Å². The highest BCUT2D eigenvalue weighted by atomic mass is 16.5. The van der Waals surface area contributed by atoms with Crippen molar-refractivity contribution in [1.82, 2.24) is 5.01 Å². The summed E-state index contributed by atoms with van der Waals surface area (Å²) >= 11 is 0. The molecule has 162 valence electrons. The van der Waals surface area contributed by atoms with Gasteiger partial charge in [-0.3, -0.25) is 4.79 Å². The molecule has 0 saturated heterocycles. The van der Waals surface area contributed by atoms with E-state index in [1.807, 2.05) is 65.0 Å². The molecular formula is C25H40N2O2. The van der Waals surface area contributed by atoms with Gasteiger partial charge in [0, 0.05) is 18.4 Å². The van der Waals surface area contributed by atoms with E-state index in [2.05, 4.69) is 32.9 Å². The Kier molecular flexibility index (Phi) is 11.9. The molecule has 0 aliphatic carbocycles. The lowest BCUT2D eigenvalue weighted by Gasteiger charge is -2.37. The summed E-state index contributed by atoms with van der Waals surface area (Å²) in [6.07, 6.45) is 7.17. The quantitative estimate of drug-likeness (QED) is 0.521. The fourth-order valence-corrected chi connectivity index (χ4v) is 3.50. The van der Waals surface area contributed by atoms with Crippen molar-refractivity contribution >= 4 is 11.6 Å². The summed E-state index contributed by atoms with van der Waals surface area (Å²) in [5.74, 6) is 0.736. The average molecular weight is 401 g/mol. The Morgan fingerprint density at radius 2 is 1.83 bits per heavy atom. The van der Waals surface area contributed by atoms with Gasteiger partial charge in [-0.1, -0.05) is 71.9 Å². The largest absolute Gasteiger partial charge is 0.496 e. The van der Waals surface area contributed by atoms with Crippen LogP contribution in [0.15, 0.2) is 53.2 Å². The van der Waals surface area contributed by atoms with E-state index >= 15 is 0 Å². The van der Waals surface area contributed by atoms with Gasteiger partial charge in [0.1, 0.15) is 5.75 Å². The van der Waals surface area contributed by atoms with Gasteiger partial charge < -0.3 is 4.74 Å². The number of rotatable bonds is 5. The second-order valence-electron chi connectivity index (χ2n) is 6.45. The van der Waals surface area contributed by atoms with Gasteiger partial charge >= 0.3 is 0 Å². The first-order valence-electron chi connectivity index (χ1n) is 10.8. The van der Waals surface area contributed by atoms with E-state index in [0.29, 0.717) is 0 Å². The third kappa shape index (κ3) is 5.59. The SMILES string of the molecule is C/C=C\C(=C/CC)C1(C)C(C)C(c2ccccc2OC)=NN1C(C)=O.CC.CC. The number of nitrogens with zero attached hydrogens (tertiary/aromatic N) is 2. The van der Waals surface area contributed by atoms with E-state index in [1.54, 1.807) is 19.0 Å². The molecule has 2 atom stereocenters. The average Bonchev–Trinajstić information content (AvgIpc) is 3.03. The highest BCUT2D eigenvalue weighted by Crippen LogP contribution is 2.42. The van der Waals surface area contributed by atoms with Crippen molar-refractivity contribution in [1.29, 1.82) is 0 Å². The van der Waals surface area contributed by atoms with E-state index in [9.17, 15) is 4.79 Å². The van der Waals surface area contributed by atoms with E-state index in [4.69, 9.17) is 9.84 Å². The van der Waals surface area contributed by atoms with Gasteiger partial charge in [-0.2, -0.15) is 5.10 Å². The Morgan fingerprint density at radius 1 is 1.24 bits per heavy atom. The van der Waals surface area contributed by atoms with E-state index in [0.717, 1.165) is 29.0 Å². The zero-order valence-electron chi connectivity index (χ0n) is 20.0. The normalized spacial score (nSPS) is 21.0. The summed E-state index contributed by atoms with van der Waals surface area (Å²) in [6, 6.07) is 7.83. The number of methoxy groups -OCH3 is 1. The van der Waals surface area contributed by atoms with Crippen LogP contribution in [0.5, 0.6) is 5.75 Å². The topological polar surface area (TPSA) is 41.9 Å². The van der Waals surface area contributed by atoms with E-state index in [1.165, 1.54) is 0 Å². The van der Waals surface area contributed by atoms with Gasteiger partial charge in [-0.25, -0.2) is 5.01 Å². The summed E-state index contributed by atoms with van der Waals surface area (Å²) in [4.78, 5) is 12.4. The summed E-state index contributed by atoms with van der Waals surface area (Å²) in [6.45, 7) is 17.9. The molecule has 0 bridgehead atoms. The zero-order valence-corrected chi connectivity index (χ0v) is 20.0. The second kappa shape index (κ2) is 13.0. The van der Waals surface area contributed by atoms with Crippen LogP contribution in [-0.2, 0) is 4.79 Å². The Bertz CT molecular complexity index is 734. The lowest BCUT2D eigenvalue weighted by Crippen LogP contribution is -2.48. The maximum absolute atomic E-state index is 12.4. The van der Waals surface area contributed by atoms with Crippen LogP contribution in [0.1, 0.15) is 74.3 Å². The summed E-state index contributed by atoms with van der Waals surface area (Å²) in [5, 5.41) is 6.36. The number of hydrogen-bond acceptors (Lipinski definition) is 3. The number of carbonyl (C=O) groups excluding carboxylic acids is 1. The fourth-order valence-electron chi connectivity index (χ4n) is 3.50. The highest BCUT2D eigenvalue weighted by Gasteiger charge is 2.49. The Morgan fingerprint density at radius 3 is 2.31 bits per heavy atom. The van der Waals surface area contributed by atoms with E-state index < -0.39 is 5.54 Å². The molecule has 4 heteroatoms.